The van der Waals surface area contributed by atoms with Crippen molar-refractivity contribution in [1.82, 2.24) is 15.1 Å². The summed E-state index contributed by atoms with van der Waals surface area (Å²) in [6, 6.07) is 2.67. The third kappa shape index (κ3) is 2.91. The Morgan fingerprint density at radius 2 is 2.05 bits per heavy atom. The van der Waals surface area contributed by atoms with Crippen LogP contribution in [0.2, 0.25) is 0 Å². The van der Waals surface area contributed by atoms with Crippen LogP contribution in [-0.2, 0) is 24.6 Å². The van der Waals surface area contributed by atoms with Crippen molar-refractivity contribution in [3.63, 3.8) is 0 Å². The monoisotopic (exact) mass is 279 g/mol. The topological polar surface area (TPSA) is 39.1 Å². The summed E-state index contributed by atoms with van der Waals surface area (Å²) in [5.74, 6) is 1.14. The minimum atomic E-state index is 0.316. The Bertz CT molecular complexity index is 443. The van der Waals surface area contributed by atoms with Gasteiger partial charge in [-0.2, -0.15) is 5.10 Å². The number of ether oxygens (including phenoxy) is 1. The van der Waals surface area contributed by atoms with E-state index >= 15 is 0 Å². The smallest absolute Gasteiger partial charge is 0.0624 e. The van der Waals surface area contributed by atoms with Crippen LogP contribution in [0.4, 0.5) is 0 Å². The summed E-state index contributed by atoms with van der Waals surface area (Å²) in [6.07, 6.45) is 2.67. The molecule has 0 saturated carbocycles. The molecule has 1 aromatic heterocycles. The molecule has 1 aromatic rings. The number of nitrogens with zero attached hydrogens (tertiary/aromatic N) is 2. The van der Waals surface area contributed by atoms with Gasteiger partial charge in [0.15, 0.2) is 0 Å². The lowest BCUT2D eigenvalue weighted by Gasteiger charge is -2.28. The summed E-state index contributed by atoms with van der Waals surface area (Å²) in [5, 5.41) is 8.06. The summed E-state index contributed by atoms with van der Waals surface area (Å²) >= 11 is 0. The first-order valence-corrected chi connectivity index (χ1v) is 7.82. The summed E-state index contributed by atoms with van der Waals surface area (Å²) in [7, 11) is 4.10. The molecule has 0 spiro atoms. The molecule has 0 bridgehead atoms. The van der Waals surface area contributed by atoms with Gasteiger partial charge in [0.05, 0.1) is 17.9 Å². The molecule has 0 aliphatic carbocycles. The molecule has 1 fully saturated rings. The fourth-order valence-electron chi connectivity index (χ4n) is 3.58. The molecule has 0 amide bonds. The molecule has 114 valence electrons. The predicted octanol–water partition coefficient (Wildman–Crippen LogP) is 2.17. The van der Waals surface area contributed by atoms with Crippen LogP contribution >= 0.6 is 0 Å². The molecule has 5 atom stereocenters. The van der Waals surface area contributed by atoms with Crippen molar-refractivity contribution >= 4 is 0 Å². The fourth-order valence-corrected chi connectivity index (χ4v) is 3.58. The molecule has 1 aliphatic rings. The highest BCUT2D eigenvalue weighted by atomic mass is 16.5. The predicted molar refractivity (Wildman–Crippen MR) is 81.8 cm³/mol. The van der Waals surface area contributed by atoms with Crippen LogP contribution in [0.25, 0.3) is 0 Å². The Balaban J connectivity index is 2.14. The van der Waals surface area contributed by atoms with Gasteiger partial charge < -0.3 is 10.1 Å². The van der Waals surface area contributed by atoms with Gasteiger partial charge in [-0.05, 0) is 39.3 Å². The number of nitrogens with one attached hydrogen (secondary N) is 1. The van der Waals surface area contributed by atoms with E-state index < -0.39 is 0 Å². The number of likely N-dealkylation sites (N-methyl/N-ethyl adjacent to an activating group) is 1. The van der Waals surface area contributed by atoms with Gasteiger partial charge in [0.2, 0.25) is 0 Å². The van der Waals surface area contributed by atoms with Crippen molar-refractivity contribution in [3.05, 3.63) is 17.5 Å². The number of rotatable bonds is 5. The van der Waals surface area contributed by atoms with E-state index in [1.54, 1.807) is 0 Å². The van der Waals surface area contributed by atoms with E-state index in [0.29, 0.717) is 30.1 Å². The van der Waals surface area contributed by atoms with Crippen molar-refractivity contribution in [2.45, 2.75) is 58.8 Å². The molecule has 20 heavy (non-hydrogen) atoms. The number of aryl methyl sites for hydroxylation is 2. The number of hydrogen-bond acceptors (Lipinski definition) is 3. The van der Waals surface area contributed by atoms with Crippen LogP contribution in [0.15, 0.2) is 6.07 Å². The second-order valence-electron chi connectivity index (χ2n) is 6.19. The Kier molecular flexibility index (Phi) is 4.86. The van der Waals surface area contributed by atoms with Gasteiger partial charge in [-0.3, -0.25) is 4.68 Å². The van der Waals surface area contributed by atoms with E-state index in [0.717, 1.165) is 12.8 Å². The van der Waals surface area contributed by atoms with Gasteiger partial charge in [-0.1, -0.05) is 13.8 Å². The Hall–Kier alpha value is -0.870. The van der Waals surface area contributed by atoms with Crippen LogP contribution < -0.4 is 5.32 Å². The standard InChI is InChI=1S/C16H29N3O/c1-7-13-8-14(19(6)18-13)9-15(17-5)16-10(2)11(3)20-12(16)4/h8,10-12,15-17H,7,9H2,1-6H3. The number of hydrogen-bond donors (Lipinski definition) is 1. The van der Waals surface area contributed by atoms with E-state index in [4.69, 9.17) is 4.74 Å². The van der Waals surface area contributed by atoms with Crippen LogP contribution in [0, 0.1) is 11.8 Å². The molecular formula is C16H29N3O. The molecule has 0 radical (unpaired) electrons. The molecule has 1 N–H and O–H groups in total. The zero-order valence-electron chi connectivity index (χ0n) is 13.7. The van der Waals surface area contributed by atoms with Crippen LogP contribution in [0.1, 0.15) is 39.1 Å². The Labute approximate surface area is 122 Å². The summed E-state index contributed by atoms with van der Waals surface area (Å²) in [6.45, 7) is 8.85. The SMILES string of the molecule is CCc1cc(CC(NC)C2C(C)OC(C)C2C)n(C)n1. The zero-order valence-corrected chi connectivity index (χ0v) is 13.7. The van der Waals surface area contributed by atoms with Gasteiger partial charge in [-0.15, -0.1) is 0 Å². The molecule has 1 aliphatic heterocycles. The van der Waals surface area contributed by atoms with E-state index in [9.17, 15) is 0 Å². The average Bonchev–Trinajstić information content (AvgIpc) is 2.89. The summed E-state index contributed by atoms with van der Waals surface area (Å²) < 4.78 is 8.03. The summed E-state index contributed by atoms with van der Waals surface area (Å²) in [4.78, 5) is 0. The second-order valence-corrected chi connectivity index (χ2v) is 6.19. The summed E-state index contributed by atoms with van der Waals surface area (Å²) in [5.41, 5.74) is 2.48. The molecule has 4 heteroatoms. The molecule has 5 unspecified atom stereocenters. The molecule has 2 heterocycles. The second kappa shape index (κ2) is 6.27. The minimum Gasteiger partial charge on any atom is -0.375 e. The van der Waals surface area contributed by atoms with Crippen LogP contribution in [0.5, 0.6) is 0 Å². The fraction of sp³-hybridized carbons (Fsp3) is 0.812. The third-order valence-corrected chi connectivity index (χ3v) is 4.97. The normalized spacial score (nSPS) is 31.7. The Morgan fingerprint density at radius 1 is 1.35 bits per heavy atom. The van der Waals surface area contributed by atoms with E-state index in [-0.39, 0.29) is 0 Å². The van der Waals surface area contributed by atoms with E-state index in [1.165, 1.54) is 11.4 Å². The highest BCUT2D eigenvalue weighted by molar-refractivity contribution is 5.12. The van der Waals surface area contributed by atoms with Crippen molar-refractivity contribution in [2.75, 3.05) is 7.05 Å². The highest BCUT2D eigenvalue weighted by Crippen LogP contribution is 2.35. The van der Waals surface area contributed by atoms with Gasteiger partial charge in [-0.25, -0.2) is 0 Å². The molecule has 0 aromatic carbocycles. The molecule has 4 nitrogen and oxygen atoms in total. The quantitative estimate of drug-likeness (QED) is 0.898. The van der Waals surface area contributed by atoms with Gasteiger partial charge in [0.1, 0.15) is 0 Å². The molecule has 2 rings (SSSR count). The van der Waals surface area contributed by atoms with Crippen LogP contribution in [-0.4, -0.2) is 35.1 Å². The Morgan fingerprint density at radius 3 is 2.50 bits per heavy atom. The first kappa shape index (κ1) is 15.5. The maximum atomic E-state index is 6.00. The van der Waals surface area contributed by atoms with Gasteiger partial charge >= 0.3 is 0 Å². The zero-order chi connectivity index (χ0) is 14.9. The van der Waals surface area contributed by atoms with Gasteiger partial charge in [0, 0.05) is 31.1 Å². The maximum absolute atomic E-state index is 6.00. The molecule has 1 saturated heterocycles. The third-order valence-electron chi connectivity index (χ3n) is 4.97. The minimum absolute atomic E-state index is 0.316. The van der Waals surface area contributed by atoms with Crippen molar-refractivity contribution < 1.29 is 4.74 Å². The first-order chi connectivity index (χ1) is 9.47. The average molecular weight is 279 g/mol. The maximum Gasteiger partial charge on any atom is 0.0624 e. The van der Waals surface area contributed by atoms with E-state index in [1.807, 2.05) is 11.7 Å². The lowest BCUT2D eigenvalue weighted by molar-refractivity contribution is 0.0478. The lowest BCUT2D eigenvalue weighted by atomic mass is 9.81. The van der Waals surface area contributed by atoms with E-state index in [2.05, 4.69) is 51.2 Å². The van der Waals surface area contributed by atoms with Gasteiger partial charge in [0.25, 0.3) is 0 Å². The van der Waals surface area contributed by atoms with Crippen molar-refractivity contribution in [3.8, 4) is 0 Å². The highest BCUT2D eigenvalue weighted by Gasteiger charge is 2.41. The van der Waals surface area contributed by atoms with Crippen LogP contribution in [0.3, 0.4) is 0 Å². The lowest BCUT2D eigenvalue weighted by Crippen LogP contribution is -2.42. The largest absolute Gasteiger partial charge is 0.375 e. The first-order valence-electron chi connectivity index (χ1n) is 7.82. The van der Waals surface area contributed by atoms with Crippen molar-refractivity contribution in [1.29, 1.82) is 0 Å². The number of aromatic nitrogens is 2. The molecular weight excluding hydrogens is 250 g/mol. The van der Waals surface area contributed by atoms with Crippen molar-refractivity contribution in [2.24, 2.45) is 18.9 Å².